The van der Waals surface area contributed by atoms with Gasteiger partial charge in [0, 0.05) is 51.4 Å². The normalized spacial score (nSPS) is 19.5. The quantitative estimate of drug-likeness (QED) is 0.312. The fourth-order valence-corrected chi connectivity index (χ4v) is 3.98. The van der Waals surface area contributed by atoms with Crippen molar-refractivity contribution in [3.63, 3.8) is 0 Å². The Bertz CT molecular complexity index is 834. The first-order valence-electron chi connectivity index (χ1n) is 10.6. The number of benzene rings is 2. The molecule has 1 aliphatic rings. The third kappa shape index (κ3) is 7.73. The summed E-state index contributed by atoms with van der Waals surface area (Å²) in [5.74, 6) is 0.542. The van der Waals surface area contributed by atoms with Crippen LogP contribution in [0, 0.1) is 5.82 Å². The summed E-state index contributed by atoms with van der Waals surface area (Å²) < 4.78 is 18.9. The highest BCUT2D eigenvalue weighted by molar-refractivity contribution is 14.0. The number of halogens is 2. The maximum Gasteiger partial charge on any atom is 0.191 e. The van der Waals surface area contributed by atoms with Gasteiger partial charge in [0.25, 0.3) is 0 Å². The summed E-state index contributed by atoms with van der Waals surface area (Å²) >= 11 is 0. The molecule has 0 bridgehead atoms. The monoisotopic (exact) mass is 540 g/mol. The zero-order valence-corrected chi connectivity index (χ0v) is 20.9. The molecule has 0 aliphatic carbocycles. The molecule has 2 aromatic rings. The number of likely N-dealkylation sites (tertiary alicyclic amines) is 1. The van der Waals surface area contributed by atoms with E-state index >= 15 is 0 Å². The third-order valence-electron chi connectivity index (χ3n) is 5.68. The molecule has 7 heteroatoms. The molecule has 2 aromatic carbocycles. The van der Waals surface area contributed by atoms with Crippen molar-refractivity contribution >= 4 is 29.9 Å². The lowest BCUT2D eigenvalue weighted by molar-refractivity contribution is 0.134. The summed E-state index contributed by atoms with van der Waals surface area (Å²) in [6.45, 7) is 5.20. The Balaban J connectivity index is 0.00000341. The minimum atomic E-state index is -0.237. The molecule has 1 fully saturated rings. The van der Waals surface area contributed by atoms with Gasteiger partial charge in [-0.2, -0.15) is 0 Å². The second kappa shape index (κ2) is 13.0. The number of guanidine groups is 1. The highest BCUT2D eigenvalue weighted by Gasteiger charge is 2.25. The molecule has 5 nitrogen and oxygen atoms in total. The zero-order chi connectivity index (χ0) is 21.3. The summed E-state index contributed by atoms with van der Waals surface area (Å²) in [5, 5.41) is 6.91. The fourth-order valence-electron chi connectivity index (χ4n) is 3.98. The second-order valence-electron chi connectivity index (χ2n) is 7.96. The van der Waals surface area contributed by atoms with Crippen LogP contribution < -0.4 is 10.6 Å². The number of nitrogens with zero attached hydrogens (tertiary/aromatic N) is 2. The number of ether oxygens (including phenoxy) is 1. The number of piperidine rings is 1. The lowest BCUT2D eigenvalue weighted by atomic mass is 9.97. The van der Waals surface area contributed by atoms with Crippen LogP contribution >= 0.6 is 24.0 Å². The van der Waals surface area contributed by atoms with Crippen LogP contribution in [0.15, 0.2) is 53.5 Å². The van der Waals surface area contributed by atoms with E-state index in [1.54, 1.807) is 20.2 Å². The number of methoxy groups -OCH3 is 1. The van der Waals surface area contributed by atoms with E-state index in [0.29, 0.717) is 24.2 Å². The lowest BCUT2D eigenvalue weighted by Crippen LogP contribution is -2.51. The second-order valence-corrected chi connectivity index (χ2v) is 7.96. The first-order valence-corrected chi connectivity index (χ1v) is 10.6. The smallest absolute Gasteiger partial charge is 0.191 e. The van der Waals surface area contributed by atoms with E-state index < -0.39 is 0 Å². The van der Waals surface area contributed by atoms with E-state index in [9.17, 15) is 4.39 Å². The number of aliphatic imine (C=N–C) groups is 1. The van der Waals surface area contributed by atoms with E-state index in [2.05, 4.69) is 57.8 Å². The van der Waals surface area contributed by atoms with E-state index in [0.717, 1.165) is 37.5 Å². The fraction of sp³-hybridized carbons (Fsp3) is 0.458. The molecular weight excluding hydrogens is 506 g/mol. The molecule has 0 aromatic heterocycles. The molecule has 0 radical (unpaired) electrons. The van der Waals surface area contributed by atoms with Crippen molar-refractivity contribution in [2.45, 2.75) is 51.5 Å². The number of rotatable bonds is 7. The molecule has 3 rings (SSSR count). The van der Waals surface area contributed by atoms with Crippen LogP contribution in [0.25, 0.3) is 0 Å². The Morgan fingerprint density at radius 1 is 1.19 bits per heavy atom. The van der Waals surface area contributed by atoms with Gasteiger partial charge in [-0.25, -0.2) is 4.39 Å². The van der Waals surface area contributed by atoms with Crippen LogP contribution in [0.2, 0.25) is 0 Å². The lowest BCUT2D eigenvalue weighted by Gasteiger charge is -2.38. The van der Waals surface area contributed by atoms with Gasteiger partial charge in [0.05, 0.1) is 6.61 Å². The van der Waals surface area contributed by atoms with Gasteiger partial charge in [-0.05, 0) is 43.0 Å². The summed E-state index contributed by atoms with van der Waals surface area (Å²) in [6, 6.07) is 16.7. The van der Waals surface area contributed by atoms with Crippen LogP contribution in [0.1, 0.15) is 36.5 Å². The summed E-state index contributed by atoms with van der Waals surface area (Å²) in [7, 11) is 3.35. The van der Waals surface area contributed by atoms with Crippen molar-refractivity contribution in [2.24, 2.45) is 4.99 Å². The Morgan fingerprint density at radius 3 is 2.65 bits per heavy atom. The van der Waals surface area contributed by atoms with Gasteiger partial charge in [-0.1, -0.05) is 36.4 Å². The molecule has 2 unspecified atom stereocenters. The molecule has 170 valence electrons. The SMILES string of the molecule is CN=C(NCc1ccc(F)c(COC)c1)NC1CCN(Cc2ccccc2)C(C)C1.I. The molecule has 2 N–H and O–H groups in total. The van der Waals surface area contributed by atoms with Crippen molar-refractivity contribution in [2.75, 3.05) is 20.7 Å². The minimum Gasteiger partial charge on any atom is -0.380 e. The average Bonchev–Trinajstić information content (AvgIpc) is 2.76. The largest absolute Gasteiger partial charge is 0.380 e. The van der Waals surface area contributed by atoms with Crippen LogP contribution in [-0.2, 0) is 24.4 Å². The van der Waals surface area contributed by atoms with Crippen LogP contribution in [0.3, 0.4) is 0 Å². The van der Waals surface area contributed by atoms with Gasteiger partial charge in [-0.3, -0.25) is 9.89 Å². The molecular formula is C24H34FIN4O. The van der Waals surface area contributed by atoms with Gasteiger partial charge in [0.15, 0.2) is 5.96 Å². The standard InChI is InChI=1S/C24H33FN4O.HI/c1-18-13-22(11-12-29(18)16-19-7-5-4-6-8-19)28-24(26-2)27-15-20-9-10-23(25)21(14-20)17-30-3;/h4-10,14,18,22H,11-13,15-17H2,1-3H3,(H2,26,27,28);1H. The number of nitrogens with one attached hydrogen (secondary N) is 2. The van der Waals surface area contributed by atoms with Gasteiger partial charge < -0.3 is 15.4 Å². The summed E-state index contributed by atoms with van der Waals surface area (Å²) in [6.07, 6.45) is 2.15. The maximum absolute atomic E-state index is 13.8. The van der Waals surface area contributed by atoms with Gasteiger partial charge in [0.1, 0.15) is 5.82 Å². The Morgan fingerprint density at radius 2 is 1.97 bits per heavy atom. The Hall–Kier alpha value is -1.71. The average molecular weight is 540 g/mol. The van der Waals surface area contributed by atoms with Crippen molar-refractivity contribution < 1.29 is 9.13 Å². The molecule has 0 amide bonds. The van der Waals surface area contributed by atoms with Crippen LogP contribution in [0.5, 0.6) is 0 Å². The summed E-state index contributed by atoms with van der Waals surface area (Å²) in [4.78, 5) is 6.91. The highest BCUT2D eigenvalue weighted by atomic mass is 127. The van der Waals surface area contributed by atoms with Crippen molar-refractivity contribution in [1.29, 1.82) is 0 Å². The molecule has 1 saturated heterocycles. The Kier molecular flexibility index (Phi) is 10.7. The van der Waals surface area contributed by atoms with E-state index in [4.69, 9.17) is 4.74 Å². The topological polar surface area (TPSA) is 48.9 Å². The van der Waals surface area contributed by atoms with Crippen LogP contribution in [0.4, 0.5) is 4.39 Å². The van der Waals surface area contributed by atoms with Crippen molar-refractivity contribution in [3.05, 3.63) is 71.0 Å². The maximum atomic E-state index is 13.8. The van der Waals surface area contributed by atoms with Crippen LogP contribution in [-0.4, -0.2) is 43.6 Å². The molecule has 1 heterocycles. The van der Waals surface area contributed by atoms with E-state index in [1.165, 1.54) is 11.6 Å². The summed E-state index contributed by atoms with van der Waals surface area (Å²) in [5.41, 5.74) is 2.93. The Labute approximate surface area is 202 Å². The molecule has 2 atom stereocenters. The molecule has 1 aliphatic heterocycles. The van der Waals surface area contributed by atoms with Gasteiger partial charge in [0.2, 0.25) is 0 Å². The number of hydrogen-bond acceptors (Lipinski definition) is 3. The number of hydrogen-bond donors (Lipinski definition) is 2. The van der Waals surface area contributed by atoms with Gasteiger partial charge >= 0.3 is 0 Å². The molecule has 0 spiro atoms. The molecule has 31 heavy (non-hydrogen) atoms. The predicted octanol–water partition coefficient (Wildman–Crippen LogP) is 4.31. The predicted molar refractivity (Wildman–Crippen MR) is 135 cm³/mol. The third-order valence-corrected chi connectivity index (χ3v) is 5.68. The minimum absolute atomic E-state index is 0. The van der Waals surface area contributed by atoms with Gasteiger partial charge in [-0.15, -0.1) is 24.0 Å². The highest BCUT2D eigenvalue weighted by Crippen LogP contribution is 2.20. The van der Waals surface area contributed by atoms with E-state index in [1.807, 2.05) is 6.07 Å². The molecule has 0 saturated carbocycles. The van der Waals surface area contributed by atoms with Crippen molar-refractivity contribution in [1.82, 2.24) is 15.5 Å². The zero-order valence-electron chi connectivity index (χ0n) is 18.6. The first-order chi connectivity index (χ1) is 14.6. The first kappa shape index (κ1) is 25.5. The van der Waals surface area contributed by atoms with E-state index in [-0.39, 0.29) is 36.4 Å². The van der Waals surface area contributed by atoms with Crippen molar-refractivity contribution in [3.8, 4) is 0 Å².